The van der Waals surface area contributed by atoms with E-state index in [9.17, 15) is 4.79 Å². The van der Waals surface area contributed by atoms with Gasteiger partial charge in [0.15, 0.2) is 0 Å². The monoisotopic (exact) mass is 275 g/mol. The van der Waals surface area contributed by atoms with Crippen LogP contribution in [0.15, 0.2) is 24.3 Å². The highest BCUT2D eigenvalue weighted by molar-refractivity contribution is 5.93. The third-order valence-corrected chi connectivity index (χ3v) is 4.38. The molecule has 110 valence electrons. The van der Waals surface area contributed by atoms with Gasteiger partial charge < -0.3 is 0 Å². The van der Waals surface area contributed by atoms with Gasteiger partial charge in [0.1, 0.15) is 0 Å². The molecule has 1 aromatic carbocycles. The highest BCUT2D eigenvalue weighted by Crippen LogP contribution is 2.28. The molecule has 0 spiro atoms. The van der Waals surface area contributed by atoms with Crippen molar-refractivity contribution in [1.29, 1.82) is 0 Å². The van der Waals surface area contributed by atoms with Crippen molar-refractivity contribution in [2.24, 2.45) is 11.8 Å². The van der Waals surface area contributed by atoms with Crippen molar-refractivity contribution in [3.63, 3.8) is 0 Å². The molecular weight excluding hydrogens is 250 g/mol. The number of benzene rings is 1. The summed E-state index contributed by atoms with van der Waals surface area (Å²) in [6.07, 6.45) is 5.29. The Morgan fingerprint density at radius 2 is 2.15 bits per heavy atom. The summed E-state index contributed by atoms with van der Waals surface area (Å²) < 4.78 is 0. The van der Waals surface area contributed by atoms with Crippen LogP contribution < -0.4 is 11.3 Å². The Morgan fingerprint density at radius 3 is 2.85 bits per heavy atom. The highest BCUT2D eigenvalue weighted by atomic mass is 16.2. The first kappa shape index (κ1) is 15.0. The molecule has 4 nitrogen and oxygen atoms in total. The number of nitrogens with one attached hydrogen (secondary N) is 1. The van der Waals surface area contributed by atoms with Crippen molar-refractivity contribution in [3.05, 3.63) is 35.4 Å². The normalized spacial score (nSPS) is 22.8. The Hall–Kier alpha value is -1.39. The van der Waals surface area contributed by atoms with Crippen LogP contribution in [0.1, 0.15) is 48.5 Å². The van der Waals surface area contributed by atoms with E-state index in [1.165, 1.54) is 25.7 Å². The zero-order valence-corrected chi connectivity index (χ0v) is 12.4. The van der Waals surface area contributed by atoms with E-state index in [1.54, 1.807) is 6.07 Å². The molecule has 1 fully saturated rings. The molecule has 1 aliphatic rings. The largest absolute Gasteiger partial charge is 0.299 e. The highest BCUT2D eigenvalue weighted by Gasteiger charge is 2.24. The molecule has 0 radical (unpaired) electrons. The first-order chi connectivity index (χ1) is 9.61. The molecule has 0 bridgehead atoms. The fraction of sp³-hybridized carbons (Fsp3) is 0.562. The average molecular weight is 275 g/mol. The Labute approximate surface area is 121 Å². The van der Waals surface area contributed by atoms with Crippen LogP contribution in [-0.2, 0) is 6.54 Å². The van der Waals surface area contributed by atoms with Crippen LogP contribution in [0.4, 0.5) is 0 Å². The van der Waals surface area contributed by atoms with Crippen molar-refractivity contribution in [1.82, 2.24) is 10.3 Å². The molecule has 0 aliphatic heterocycles. The lowest BCUT2D eigenvalue weighted by Crippen LogP contribution is -2.38. The van der Waals surface area contributed by atoms with Gasteiger partial charge in [-0.15, -0.1) is 0 Å². The lowest BCUT2D eigenvalue weighted by atomic mass is 9.85. The first-order valence-corrected chi connectivity index (χ1v) is 7.42. The van der Waals surface area contributed by atoms with Crippen LogP contribution in [0.2, 0.25) is 0 Å². The summed E-state index contributed by atoms with van der Waals surface area (Å²) in [7, 11) is 2.18. The number of nitrogens with two attached hydrogens (primary N) is 1. The predicted molar refractivity (Wildman–Crippen MR) is 81.0 cm³/mol. The molecule has 0 saturated heterocycles. The van der Waals surface area contributed by atoms with Crippen LogP contribution in [0.5, 0.6) is 0 Å². The van der Waals surface area contributed by atoms with Gasteiger partial charge in [-0.3, -0.25) is 15.1 Å². The number of hydrazine groups is 1. The fourth-order valence-electron chi connectivity index (χ4n) is 3.25. The molecular formula is C16H25N3O. The van der Waals surface area contributed by atoms with Gasteiger partial charge in [-0.05, 0) is 43.5 Å². The number of carbonyl (C=O) groups excluding carboxylic acids is 1. The molecule has 1 saturated carbocycles. The molecule has 1 aromatic rings. The molecule has 0 heterocycles. The number of carbonyl (C=O) groups is 1. The number of hydrogen-bond donors (Lipinski definition) is 2. The molecule has 4 heteroatoms. The van der Waals surface area contributed by atoms with E-state index in [0.29, 0.717) is 11.6 Å². The average Bonchev–Trinajstić information content (AvgIpc) is 2.47. The molecule has 2 rings (SSSR count). The third-order valence-electron chi connectivity index (χ3n) is 4.38. The quantitative estimate of drug-likeness (QED) is 0.503. The summed E-state index contributed by atoms with van der Waals surface area (Å²) in [6, 6.07) is 8.34. The van der Waals surface area contributed by atoms with Gasteiger partial charge in [-0.2, -0.15) is 0 Å². The van der Waals surface area contributed by atoms with Crippen LogP contribution in [0, 0.1) is 5.92 Å². The number of rotatable bonds is 4. The summed E-state index contributed by atoms with van der Waals surface area (Å²) >= 11 is 0. The third kappa shape index (κ3) is 3.58. The van der Waals surface area contributed by atoms with E-state index >= 15 is 0 Å². The van der Waals surface area contributed by atoms with Crippen LogP contribution in [0.25, 0.3) is 0 Å². The van der Waals surface area contributed by atoms with Gasteiger partial charge in [0.2, 0.25) is 0 Å². The van der Waals surface area contributed by atoms with Crippen molar-refractivity contribution in [2.45, 2.75) is 45.2 Å². The lowest BCUT2D eigenvalue weighted by molar-refractivity contribution is 0.0953. The predicted octanol–water partition coefficient (Wildman–Crippen LogP) is 2.30. The minimum atomic E-state index is -0.236. The van der Waals surface area contributed by atoms with Crippen molar-refractivity contribution in [3.8, 4) is 0 Å². The van der Waals surface area contributed by atoms with Gasteiger partial charge in [-0.25, -0.2) is 5.84 Å². The Bertz CT molecular complexity index is 461. The maximum atomic E-state index is 11.6. The number of amides is 1. The maximum Gasteiger partial charge on any atom is 0.265 e. The van der Waals surface area contributed by atoms with E-state index in [-0.39, 0.29) is 5.91 Å². The number of nitrogens with zero attached hydrogens (tertiary/aromatic N) is 1. The second-order valence-corrected chi connectivity index (χ2v) is 5.92. The second kappa shape index (κ2) is 6.86. The van der Waals surface area contributed by atoms with Crippen molar-refractivity contribution in [2.75, 3.05) is 7.05 Å². The minimum Gasteiger partial charge on any atom is -0.299 e. The van der Waals surface area contributed by atoms with Gasteiger partial charge in [-0.1, -0.05) is 31.9 Å². The second-order valence-electron chi connectivity index (χ2n) is 5.92. The van der Waals surface area contributed by atoms with E-state index in [2.05, 4.69) is 30.4 Å². The van der Waals surface area contributed by atoms with E-state index in [4.69, 9.17) is 5.84 Å². The Balaban J connectivity index is 2.03. The molecule has 3 N–H and O–H groups in total. The summed E-state index contributed by atoms with van der Waals surface area (Å²) in [4.78, 5) is 14.0. The van der Waals surface area contributed by atoms with E-state index in [1.807, 2.05) is 12.1 Å². The summed E-state index contributed by atoms with van der Waals surface area (Å²) in [6.45, 7) is 3.22. The van der Waals surface area contributed by atoms with Gasteiger partial charge in [0.25, 0.3) is 5.91 Å². The molecule has 1 amide bonds. The summed E-state index contributed by atoms with van der Waals surface area (Å²) in [5.41, 5.74) is 3.96. The van der Waals surface area contributed by atoms with Gasteiger partial charge in [0, 0.05) is 18.2 Å². The van der Waals surface area contributed by atoms with Crippen LogP contribution in [0.3, 0.4) is 0 Å². The van der Waals surface area contributed by atoms with Crippen LogP contribution >= 0.6 is 0 Å². The van der Waals surface area contributed by atoms with E-state index in [0.717, 1.165) is 18.0 Å². The standard InChI is InChI=1S/C16H25N3O/c1-12-6-3-4-9-15(12)19(2)11-13-7-5-8-14(10-13)16(20)18-17/h5,7-8,10,12,15H,3-4,6,9,11,17H2,1-2H3,(H,18,20). The Kier molecular flexibility index (Phi) is 5.15. The zero-order chi connectivity index (χ0) is 14.5. The summed E-state index contributed by atoms with van der Waals surface area (Å²) in [5.74, 6) is 5.70. The molecule has 0 aromatic heterocycles. The topological polar surface area (TPSA) is 58.4 Å². The number of nitrogen functional groups attached to an aromatic ring is 1. The molecule has 2 atom stereocenters. The fourth-order valence-corrected chi connectivity index (χ4v) is 3.25. The first-order valence-electron chi connectivity index (χ1n) is 7.42. The molecule has 1 aliphatic carbocycles. The molecule has 2 unspecified atom stereocenters. The van der Waals surface area contributed by atoms with Gasteiger partial charge >= 0.3 is 0 Å². The van der Waals surface area contributed by atoms with Crippen molar-refractivity contribution >= 4 is 5.91 Å². The minimum absolute atomic E-state index is 0.236. The lowest BCUT2D eigenvalue weighted by Gasteiger charge is -2.36. The van der Waals surface area contributed by atoms with Crippen LogP contribution in [-0.4, -0.2) is 23.9 Å². The summed E-state index contributed by atoms with van der Waals surface area (Å²) in [5, 5.41) is 0. The number of hydrogen-bond acceptors (Lipinski definition) is 3. The Morgan fingerprint density at radius 1 is 1.40 bits per heavy atom. The zero-order valence-electron chi connectivity index (χ0n) is 12.4. The van der Waals surface area contributed by atoms with Gasteiger partial charge in [0.05, 0.1) is 0 Å². The maximum absolute atomic E-state index is 11.6. The van der Waals surface area contributed by atoms with Crippen molar-refractivity contribution < 1.29 is 4.79 Å². The smallest absolute Gasteiger partial charge is 0.265 e. The van der Waals surface area contributed by atoms with E-state index < -0.39 is 0 Å². The molecule has 20 heavy (non-hydrogen) atoms. The SMILES string of the molecule is CC1CCCCC1N(C)Cc1cccc(C(=O)NN)c1.